The predicted molar refractivity (Wildman–Crippen MR) is 111 cm³/mol. The monoisotopic (exact) mass is 436 g/mol. The van der Waals surface area contributed by atoms with E-state index in [0.717, 1.165) is 12.1 Å². The van der Waals surface area contributed by atoms with E-state index in [9.17, 15) is 14.0 Å². The molecule has 7 nitrogen and oxygen atoms in total. The second-order valence-corrected chi connectivity index (χ2v) is 8.80. The highest BCUT2D eigenvalue weighted by Gasteiger charge is 2.26. The number of nitrogens with zero attached hydrogens (tertiary/aromatic N) is 2. The second-order valence-electron chi connectivity index (χ2n) is 8.39. The number of ether oxygens (including phenoxy) is 1. The van der Waals surface area contributed by atoms with Crippen molar-refractivity contribution in [3.8, 4) is 0 Å². The van der Waals surface area contributed by atoms with Gasteiger partial charge in [-0.2, -0.15) is 5.10 Å². The van der Waals surface area contributed by atoms with Crippen LogP contribution in [0.4, 0.5) is 9.18 Å². The van der Waals surface area contributed by atoms with Crippen LogP contribution in [0.25, 0.3) is 0 Å². The van der Waals surface area contributed by atoms with Crippen LogP contribution < -0.4 is 10.6 Å². The number of fused-ring (bicyclic) bond motifs is 1. The van der Waals surface area contributed by atoms with E-state index < -0.39 is 17.5 Å². The van der Waals surface area contributed by atoms with Crippen LogP contribution in [0.3, 0.4) is 0 Å². The summed E-state index contributed by atoms with van der Waals surface area (Å²) in [6.07, 6.45) is 2.54. The van der Waals surface area contributed by atoms with E-state index in [-0.39, 0.29) is 18.4 Å². The number of aromatic nitrogens is 2. The Balaban J connectivity index is 1.59. The number of amides is 2. The van der Waals surface area contributed by atoms with Crippen molar-refractivity contribution in [2.45, 2.75) is 52.3 Å². The van der Waals surface area contributed by atoms with Gasteiger partial charge in [-0.15, -0.1) is 0 Å². The number of benzene rings is 1. The minimum Gasteiger partial charge on any atom is -0.444 e. The molecule has 0 radical (unpaired) electrons. The van der Waals surface area contributed by atoms with E-state index in [0.29, 0.717) is 35.7 Å². The summed E-state index contributed by atoms with van der Waals surface area (Å²) in [6, 6.07) is 4.03. The summed E-state index contributed by atoms with van der Waals surface area (Å²) in [5, 5.41) is 10.3. The molecule has 0 spiro atoms. The molecule has 2 heterocycles. The maximum atomic E-state index is 13.4. The van der Waals surface area contributed by atoms with Crippen LogP contribution in [0.5, 0.6) is 0 Å². The highest BCUT2D eigenvalue weighted by atomic mass is 35.5. The third kappa shape index (κ3) is 5.72. The quantitative estimate of drug-likeness (QED) is 0.748. The smallest absolute Gasteiger partial charge is 0.407 e. The molecule has 1 aliphatic heterocycles. The first kappa shape index (κ1) is 22.1. The molecule has 9 heteroatoms. The van der Waals surface area contributed by atoms with Crippen molar-refractivity contribution in [2.24, 2.45) is 5.92 Å². The Kier molecular flexibility index (Phi) is 6.65. The van der Waals surface area contributed by atoms with Gasteiger partial charge in [0.25, 0.3) is 5.91 Å². The highest BCUT2D eigenvalue weighted by molar-refractivity contribution is 6.31. The molecule has 1 atom stereocenters. The fourth-order valence-corrected chi connectivity index (χ4v) is 3.54. The van der Waals surface area contributed by atoms with Crippen molar-refractivity contribution in [3.05, 3.63) is 52.1 Å². The van der Waals surface area contributed by atoms with E-state index in [1.54, 1.807) is 6.20 Å². The van der Waals surface area contributed by atoms with Gasteiger partial charge in [0.05, 0.1) is 17.5 Å². The van der Waals surface area contributed by atoms with Crippen molar-refractivity contribution in [1.29, 1.82) is 0 Å². The lowest BCUT2D eigenvalue weighted by Gasteiger charge is -2.25. The van der Waals surface area contributed by atoms with E-state index in [1.165, 1.54) is 18.2 Å². The van der Waals surface area contributed by atoms with Crippen molar-refractivity contribution >= 4 is 23.6 Å². The van der Waals surface area contributed by atoms with Gasteiger partial charge in [-0.05, 0) is 63.3 Å². The lowest BCUT2D eigenvalue weighted by Crippen LogP contribution is -2.37. The summed E-state index contributed by atoms with van der Waals surface area (Å²) in [7, 11) is 0. The molecular formula is C21H26ClFN4O3. The van der Waals surface area contributed by atoms with Gasteiger partial charge in [-0.1, -0.05) is 11.6 Å². The Bertz CT molecular complexity index is 939. The predicted octanol–water partition coefficient (Wildman–Crippen LogP) is 3.69. The number of alkyl carbamates (subject to hydrolysis) is 1. The van der Waals surface area contributed by atoms with Gasteiger partial charge in [0, 0.05) is 24.7 Å². The third-order valence-electron chi connectivity index (χ3n) is 4.81. The Labute approximate surface area is 179 Å². The molecule has 1 aromatic carbocycles. The fraction of sp³-hybridized carbons (Fsp3) is 0.476. The summed E-state index contributed by atoms with van der Waals surface area (Å²) in [4.78, 5) is 24.6. The summed E-state index contributed by atoms with van der Waals surface area (Å²) < 4.78 is 20.5. The average molecular weight is 437 g/mol. The molecule has 1 aliphatic rings. The SMILES string of the molecule is CC(C)(C)OC(=O)NCC1CCn2ncc(C(=O)NCc3cc(F)ccc3Cl)c2C1. The minimum absolute atomic E-state index is 0.115. The first-order chi connectivity index (χ1) is 14.1. The zero-order valence-electron chi connectivity index (χ0n) is 17.3. The number of nitrogens with one attached hydrogen (secondary N) is 2. The Morgan fingerprint density at radius 1 is 1.33 bits per heavy atom. The Morgan fingerprint density at radius 3 is 2.83 bits per heavy atom. The molecule has 1 aromatic heterocycles. The van der Waals surface area contributed by atoms with Gasteiger partial charge in [0.15, 0.2) is 0 Å². The van der Waals surface area contributed by atoms with E-state index in [1.807, 2.05) is 25.5 Å². The molecule has 0 bridgehead atoms. The zero-order chi connectivity index (χ0) is 21.9. The average Bonchev–Trinajstić information content (AvgIpc) is 3.09. The molecule has 0 saturated carbocycles. The molecule has 2 amide bonds. The normalized spacial score (nSPS) is 16.0. The molecule has 0 saturated heterocycles. The van der Waals surface area contributed by atoms with Gasteiger partial charge in [-0.3, -0.25) is 9.48 Å². The maximum Gasteiger partial charge on any atom is 0.407 e. The molecule has 0 fully saturated rings. The molecular weight excluding hydrogens is 411 g/mol. The number of rotatable bonds is 5. The van der Waals surface area contributed by atoms with Crippen molar-refractivity contribution in [1.82, 2.24) is 20.4 Å². The van der Waals surface area contributed by atoms with E-state index in [2.05, 4.69) is 15.7 Å². The molecule has 1 unspecified atom stereocenters. The number of carbonyl (C=O) groups is 2. The molecule has 2 N–H and O–H groups in total. The Morgan fingerprint density at radius 2 is 2.10 bits per heavy atom. The third-order valence-corrected chi connectivity index (χ3v) is 5.17. The first-order valence-electron chi connectivity index (χ1n) is 9.86. The summed E-state index contributed by atoms with van der Waals surface area (Å²) >= 11 is 6.06. The number of hydrogen-bond acceptors (Lipinski definition) is 4. The van der Waals surface area contributed by atoms with Crippen molar-refractivity contribution < 1.29 is 18.7 Å². The fourth-order valence-electron chi connectivity index (χ4n) is 3.35. The topological polar surface area (TPSA) is 85.2 Å². The van der Waals surface area contributed by atoms with Gasteiger partial charge in [0.2, 0.25) is 0 Å². The molecule has 3 rings (SSSR count). The summed E-state index contributed by atoms with van der Waals surface area (Å²) in [6.45, 7) is 6.68. The van der Waals surface area contributed by atoms with Crippen LogP contribution in [0.2, 0.25) is 5.02 Å². The number of halogens is 2. The number of aryl methyl sites for hydroxylation is 1. The van der Waals surface area contributed by atoms with Crippen molar-refractivity contribution in [3.63, 3.8) is 0 Å². The van der Waals surface area contributed by atoms with Gasteiger partial charge in [0.1, 0.15) is 11.4 Å². The highest BCUT2D eigenvalue weighted by Crippen LogP contribution is 2.23. The van der Waals surface area contributed by atoms with Crippen LogP contribution in [0, 0.1) is 11.7 Å². The van der Waals surface area contributed by atoms with Crippen LogP contribution in [-0.2, 0) is 24.2 Å². The van der Waals surface area contributed by atoms with Gasteiger partial charge >= 0.3 is 6.09 Å². The summed E-state index contributed by atoms with van der Waals surface area (Å²) in [5.74, 6) is -0.532. The molecule has 0 aliphatic carbocycles. The van der Waals surface area contributed by atoms with Crippen LogP contribution in [0.15, 0.2) is 24.4 Å². The molecule has 2 aromatic rings. The van der Waals surface area contributed by atoms with Crippen molar-refractivity contribution in [2.75, 3.05) is 6.54 Å². The van der Waals surface area contributed by atoms with Gasteiger partial charge < -0.3 is 15.4 Å². The standard InChI is InChI=1S/C21H26ClFN4O3/c1-21(2,3)30-20(29)25-10-13-6-7-27-18(8-13)16(12-26-27)19(28)24-11-14-9-15(23)4-5-17(14)22/h4-5,9,12-13H,6-8,10-11H2,1-3H3,(H,24,28)(H,25,29). The largest absolute Gasteiger partial charge is 0.444 e. The number of hydrogen-bond donors (Lipinski definition) is 2. The first-order valence-corrected chi connectivity index (χ1v) is 10.2. The number of carbonyl (C=O) groups excluding carboxylic acids is 2. The lowest BCUT2D eigenvalue weighted by atomic mass is 9.94. The molecule has 162 valence electrons. The van der Waals surface area contributed by atoms with E-state index in [4.69, 9.17) is 16.3 Å². The maximum absolute atomic E-state index is 13.4. The lowest BCUT2D eigenvalue weighted by molar-refractivity contribution is 0.0516. The minimum atomic E-state index is -0.551. The van der Waals surface area contributed by atoms with E-state index >= 15 is 0 Å². The van der Waals surface area contributed by atoms with Crippen LogP contribution in [-0.4, -0.2) is 33.9 Å². The van der Waals surface area contributed by atoms with Crippen LogP contribution in [0.1, 0.15) is 48.8 Å². The van der Waals surface area contributed by atoms with Crippen LogP contribution >= 0.6 is 11.6 Å². The Hall–Kier alpha value is -2.61. The molecule has 30 heavy (non-hydrogen) atoms. The summed E-state index contributed by atoms with van der Waals surface area (Å²) in [5.41, 5.74) is 1.25. The zero-order valence-corrected chi connectivity index (χ0v) is 18.1. The van der Waals surface area contributed by atoms with Gasteiger partial charge in [-0.25, -0.2) is 9.18 Å². The second kappa shape index (κ2) is 9.04.